The predicted molar refractivity (Wildman–Crippen MR) is 94.4 cm³/mol. The summed E-state index contributed by atoms with van der Waals surface area (Å²) in [4.78, 5) is 2.39. The molecule has 1 aliphatic heterocycles. The average molecular weight is 327 g/mol. The van der Waals surface area contributed by atoms with Crippen LogP contribution in [0.3, 0.4) is 0 Å². The van der Waals surface area contributed by atoms with Crippen LogP contribution in [-0.4, -0.2) is 37.3 Å². The summed E-state index contributed by atoms with van der Waals surface area (Å²) in [5.41, 5.74) is 1.42. The van der Waals surface area contributed by atoms with Crippen LogP contribution in [0.25, 0.3) is 0 Å². The maximum absolute atomic E-state index is 11.1. The molecular formula is C20H25NO3. The van der Waals surface area contributed by atoms with Gasteiger partial charge in [0.15, 0.2) is 11.5 Å². The maximum Gasteiger partial charge on any atom is 0.161 e. The van der Waals surface area contributed by atoms with E-state index in [2.05, 4.69) is 29.2 Å². The molecule has 0 radical (unpaired) electrons. The van der Waals surface area contributed by atoms with E-state index in [1.807, 2.05) is 24.3 Å². The molecule has 0 aromatic heterocycles. The molecule has 128 valence electrons. The van der Waals surface area contributed by atoms with Crippen molar-refractivity contribution in [3.05, 3.63) is 59.7 Å². The lowest BCUT2D eigenvalue weighted by atomic mass is 9.84. The first kappa shape index (κ1) is 16.8. The molecular weight excluding hydrogens is 302 g/mol. The van der Waals surface area contributed by atoms with Crippen molar-refractivity contribution in [1.82, 2.24) is 4.90 Å². The molecule has 0 bridgehead atoms. The number of likely N-dealkylation sites (tertiary alicyclic amines) is 1. The first-order valence-electron chi connectivity index (χ1n) is 8.36. The van der Waals surface area contributed by atoms with Crippen LogP contribution in [-0.2, 0) is 12.1 Å². The maximum atomic E-state index is 11.1. The van der Waals surface area contributed by atoms with Crippen LogP contribution in [0.4, 0.5) is 0 Å². The first-order valence-corrected chi connectivity index (χ1v) is 8.36. The quantitative estimate of drug-likeness (QED) is 0.916. The van der Waals surface area contributed by atoms with Crippen LogP contribution in [0.2, 0.25) is 0 Å². The third-order valence-corrected chi connectivity index (χ3v) is 4.85. The molecule has 2 aromatic rings. The number of rotatable bonds is 5. The van der Waals surface area contributed by atoms with Gasteiger partial charge in [0.05, 0.1) is 19.8 Å². The number of benzene rings is 2. The van der Waals surface area contributed by atoms with Gasteiger partial charge in [-0.25, -0.2) is 0 Å². The monoisotopic (exact) mass is 327 g/mol. The Bertz CT molecular complexity index is 664. The van der Waals surface area contributed by atoms with E-state index in [1.165, 1.54) is 5.56 Å². The highest BCUT2D eigenvalue weighted by Crippen LogP contribution is 2.37. The smallest absolute Gasteiger partial charge is 0.161 e. The van der Waals surface area contributed by atoms with Gasteiger partial charge in [-0.05, 0) is 36.1 Å². The fraction of sp³-hybridized carbons (Fsp3) is 0.400. The van der Waals surface area contributed by atoms with E-state index in [9.17, 15) is 5.11 Å². The zero-order chi connectivity index (χ0) is 17.0. The summed E-state index contributed by atoms with van der Waals surface area (Å²) in [5.74, 6) is 1.35. The highest BCUT2D eigenvalue weighted by Gasteiger charge is 2.34. The SMILES string of the molecule is COc1ccc(C2(O)CCN(Cc3ccccc3)CC2)cc1OC. The molecule has 0 unspecified atom stereocenters. The summed E-state index contributed by atoms with van der Waals surface area (Å²) >= 11 is 0. The Balaban J connectivity index is 1.68. The van der Waals surface area contributed by atoms with Crippen LogP contribution >= 0.6 is 0 Å². The van der Waals surface area contributed by atoms with E-state index in [0.717, 1.165) is 38.0 Å². The molecule has 1 N–H and O–H groups in total. The van der Waals surface area contributed by atoms with Crippen LogP contribution in [0.1, 0.15) is 24.0 Å². The van der Waals surface area contributed by atoms with E-state index in [4.69, 9.17) is 9.47 Å². The highest BCUT2D eigenvalue weighted by molar-refractivity contribution is 5.44. The Morgan fingerprint density at radius 1 is 0.958 bits per heavy atom. The lowest BCUT2D eigenvalue weighted by molar-refractivity contribution is -0.0278. The summed E-state index contributed by atoms with van der Waals surface area (Å²) < 4.78 is 10.6. The van der Waals surface area contributed by atoms with Gasteiger partial charge in [0.2, 0.25) is 0 Å². The van der Waals surface area contributed by atoms with Crippen LogP contribution in [0, 0.1) is 0 Å². The van der Waals surface area contributed by atoms with Crippen molar-refractivity contribution in [2.24, 2.45) is 0 Å². The lowest BCUT2D eigenvalue weighted by Crippen LogP contribution is -2.42. The van der Waals surface area contributed by atoms with Crippen molar-refractivity contribution in [2.75, 3.05) is 27.3 Å². The normalized spacial score (nSPS) is 17.5. The van der Waals surface area contributed by atoms with Gasteiger partial charge in [-0.2, -0.15) is 0 Å². The Morgan fingerprint density at radius 3 is 2.25 bits per heavy atom. The van der Waals surface area contributed by atoms with E-state index in [0.29, 0.717) is 11.5 Å². The molecule has 0 spiro atoms. The molecule has 0 amide bonds. The number of hydrogen-bond donors (Lipinski definition) is 1. The topological polar surface area (TPSA) is 41.9 Å². The van der Waals surface area contributed by atoms with Crippen LogP contribution in [0.15, 0.2) is 48.5 Å². The number of aliphatic hydroxyl groups is 1. The summed E-state index contributed by atoms with van der Waals surface area (Å²) in [5, 5.41) is 11.1. The van der Waals surface area contributed by atoms with Gasteiger partial charge in [0, 0.05) is 19.6 Å². The minimum Gasteiger partial charge on any atom is -0.493 e. The van der Waals surface area contributed by atoms with E-state index in [-0.39, 0.29) is 0 Å². The van der Waals surface area contributed by atoms with Crippen molar-refractivity contribution in [3.8, 4) is 11.5 Å². The molecule has 4 nitrogen and oxygen atoms in total. The molecule has 24 heavy (non-hydrogen) atoms. The molecule has 1 fully saturated rings. The second-order valence-electron chi connectivity index (χ2n) is 6.36. The van der Waals surface area contributed by atoms with Gasteiger partial charge in [0.1, 0.15) is 0 Å². The Kier molecular flexibility index (Phi) is 5.07. The molecule has 2 aromatic carbocycles. The first-order chi connectivity index (χ1) is 11.6. The third kappa shape index (κ3) is 3.55. The summed E-state index contributed by atoms with van der Waals surface area (Å²) in [6.07, 6.45) is 1.44. The summed E-state index contributed by atoms with van der Waals surface area (Å²) in [7, 11) is 3.24. The molecule has 1 saturated heterocycles. The minimum absolute atomic E-state index is 0.662. The van der Waals surface area contributed by atoms with Crippen molar-refractivity contribution in [3.63, 3.8) is 0 Å². The minimum atomic E-state index is -0.799. The van der Waals surface area contributed by atoms with E-state index in [1.54, 1.807) is 14.2 Å². The van der Waals surface area contributed by atoms with Crippen LogP contribution in [0.5, 0.6) is 11.5 Å². The van der Waals surface area contributed by atoms with Gasteiger partial charge < -0.3 is 14.6 Å². The fourth-order valence-electron chi connectivity index (χ4n) is 3.34. The number of methoxy groups -OCH3 is 2. The van der Waals surface area contributed by atoms with Crippen molar-refractivity contribution in [2.45, 2.75) is 25.0 Å². The summed E-state index contributed by atoms with van der Waals surface area (Å²) in [6.45, 7) is 2.68. The Hall–Kier alpha value is -2.04. The molecule has 1 aliphatic rings. The fourth-order valence-corrected chi connectivity index (χ4v) is 3.34. The molecule has 0 aliphatic carbocycles. The van der Waals surface area contributed by atoms with Gasteiger partial charge >= 0.3 is 0 Å². The molecule has 1 heterocycles. The summed E-state index contributed by atoms with van der Waals surface area (Å²) in [6, 6.07) is 16.2. The second kappa shape index (κ2) is 7.24. The number of ether oxygens (including phenoxy) is 2. The standard InChI is InChI=1S/C20H25NO3/c1-23-18-9-8-17(14-19(18)24-2)20(22)10-12-21(13-11-20)15-16-6-4-3-5-7-16/h3-9,14,22H,10-13,15H2,1-2H3. The van der Waals surface area contributed by atoms with Gasteiger partial charge in [0.25, 0.3) is 0 Å². The highest BCUT2D eigenvalue weighted by atomic mass is 16.5. The zero-order valence-corrected chi connectivity index (χ0v) is 14.4. The van der Waals surface area contributed by atoms with Crippen molar-refractivity contribution in [1.29, 1.82) is 0 Å². The molecule has 0 atom stereocenters. The zero-order valence-electron chi connectivity index (χ0n) is 14.4. The Morgan fingerprint density at radius 2 is 1.62 bits per heavy atom. The lowest BCUT2D eigenvalue weighted by Gasteiger charge is -2.38. The largest absolute Gasteiger partial charge is 0.493 e. The van der Waals surface area contributed by atoms with Crippen LogP contribution < -0.4 is 9.47 Å². The number of nitrogens with zero attached hydrogens (tertiary/aromatic N) is 1. The molecule has 3 rings (SSSR count). The average Bonchev–Trinajstić information content (AvgIpc) is 2.64. The number of hydrogen-bond acceptors (Lipinski definition) is 4. The predicted octanol–water partition coefficient (Wildman–Crippen LogP) is 3.19. The van der Waals surface area contributed by atoms with E-state index < -0.39 is 5.60 Å². The molecule has 4 heteroatoms. The Labute approximate surface area is 143 Å². The number of piperidine rings is 1. The molecule has 0 saturated carbocycles. The van der Waals surface area contributed by atoms with E-state index >= 15 is 0 Å². The second-order valence-corrected chi connectivity index (χ2v) is 6.36. The van der Waals surface area contributed by atoms with Crippen molar-refractivity contribution < 1.29 is 14.6 Å². The third-order valence-electron chi connectivity index (χ3n) is 4.85. The van der Waals surface area contributed by atoms with Gasteiger partial charge in [-0.1, -0.05) is 36.4 Å². The van der Waals surface area contributed by atoms with Gasteiger partial charge in [-0.3, -0.25) is 4.90 Å². The van der Waals surface area contributed by atoms with Crippen molar-refractivity contribution >= 4 is 0 Å². The van der Waals surface area contributed by atoms with Gasteiger partial charge in [-0.15, -0.1) is 0 Å².